The Hall–Kier alpha value is -3.46. The monoisotopic (exact) mass is 367 g/mol. The summed E-state index contributed by atoms with van der Waals surface area (Å²) in [4.78, 5) is 29.5. The van der Waals surface area contributed by atoms with Crippen LogP contribution in [0.1, 0.15) is 22.7 Å². The van der Waals surface area contributed by atoms with E-state index >= 15 is 0 Å². The Bertz CT molecular complexity index is 893. The number of aryl methyl sites for hydroxylation is 2. The number of hydrogen-bond donors (Lipinski definition) is 3. The molecule has 2 heterocycles. The number of anilines is 2. The lowest BCUT2D eigenvalue weighted by Gasteiger charge is -2.08. The molecule has 0 spiro atoms. The van der Waals surface area contributed by atoms with E-state index in [1.807, 2.05) is 17.7 Å². The SMILES string of the molecule is Cc1nccn1CCCNC(=O)c1ccnc(Nc2ccc(ON)cc2)n1. The van der Waals surface area contributed by atoms with Crippen molar-refractivity contribution in [3.63, 3.8) is 0 Å². The number of carbonyl (C=O) groups is 1. The van der Waals surface area contributed by atoms with E-state index < -0.39 is 0 Å². The molecule has 3 aromatic rings. The van der Waals surface area contributed by atoms with Gasteiger partial charge in [-0.2, -0.15) is 5.90 Å². The summed E-state index contributed by atoms with van der Waals surface area (Å²) in [6.07, 6.45) is 6.02. The molecule has 0 aliphatic carbocycles. The van der Waals surface area contributed by atoms with Crippen molar-refractivity contribution in [3.8, 4) is 5.75 Å². The van der Waals surface area contributed by atoms with Gasteiger partial charge in [-0.25, -0.2) is 15.0 Å². The highest BCUT2D eigenvalue weighted by Gasteiger charge is 2.09. The summed E-state index contributed by atoms with van der Waals surface area (Å²) in [5.41, 5.74) is 1.05. The molecule has 3 rings (SSSR count). The van der Waals surface area contributed by atoms with Crippen LogP contribution in [0, 0.1) is 6.92 Å². The van der Waals surface area contributed by atoms with Crippen molar-refractivity contribution in [2.45, 2.75) is 19.9 Å². The summed E-state index contributed by atoms with van der Waals surface area (Å²) in [6.45, 7) is 3.29. The average Bonchev–Trinajstić information content (AvgIpc) is 3.10. The van der Waals surface area contributed by atoms with Gasteiger partial charge in [0.25, 0.3) is 5.91 Å². The Morgan fingerprint density at radius 1 is 1.19 bits per heavy atom. The van der Waals surface area contributed by atoms with E-state index in [9.17, 15) is 4.79 Å². The number of imidazole rings is 1. The number of nitrogens with two attached hydrogens (primary N) is 1. The molecular formula is C18H21N7O2. The second-order valence-electron chi connectivity index (χ2n) is 5.81. The van der Waals surface area contributed by atoms with E-state index in [4.69, 9.17) is 5.90 Å². The molecule has 0 radical (unpaired) electrons. The first-order valence-corrected chi connectivity index (χ1v) is 8.48. The summed E-state index contributed by atoms with van der Waals surface area (Å²) in [5, 5.41) is 5.90. The normalized spacial score (nSPS) is 10.4. The summed E-state index contributed by atoms with van der Waals surface area (Å²) in [5.74, 6) is 6.69. The molecule has 9 heteroatoms. The van der Waals surface area contributed by atoms with E-state index in [1.165, 1.54) is 6.20 Å². The number of hydrogen-bond acceptors (Lipinski definition) is 7. The van der Waals surface area contributed by atoms with Gasteiger partial charge in [-0.05, 0) is 43.7 Å². The third kappa shape index (κ3) is 5.02. The summed E-state index contributed by atoms with van der Waals surface area (Å²) < 4.78 is 2.04. The molecule has 4 N–H and O–H groups in total. The number of nitrogens with one attached hydrogen (secondary N) is 2. The molecule has 0 atom stereocenters. The molecule has 0 saturated heterocycles. The predicted molar refractivity (Wildman–Crippen MR) is 100 cm³/mol. The largest absolute Gasteiger partial charge is 0.412 e. The Kier molecular flexibility index (Phi) is 5.95. The van der Waals surface area contributed by atoms with Crippen molar-refractivity contribution < 1.29 is 9.63 Å². The Labute approximate surface area is 156 Å². The van der Waals surface area contributed by atoms with Crippen molar-refractivity contribution in [3.05, 3.63) is 60.4 Å². The first-order valence-electron chi connectivity index (χ1n) is 8.48. The molecule has 1 aromatic carbocycles. The number of aromatic nitrogens is 4. The maximum atomic E-state index is 12.3. The Balaban J connectivity index is 1.52. The molecule has 0 aliphatic heterocycles. The maximum absolute atomic E-state index is 12.3. The van der Waals surface area contributed by atoms with Crippen LogP contribution in [0.15, 0.2) is 48.9 Å². The lowest BCUT2D eigenvalue weighted by atomic mass is 10.3. The number of carbonyl (C=O) groups excluding carboxylic acids is 1. The average molecular weight is 367 g/mol. The molecule has 0 bridgehead atoms. The summed E-state index contributed by atoms with van der Waals surface area (Å²) in [6, 6.07) is 8.54. The molecule has 2 aromatic heterocycles. The van der Waals surface area contributed by atoms with Crippen molar-refractivity contribution in [1.29, 1.82) is 0 Å². The fourth-order valence-corrected chi connectivity index (χ4v) is 2.47. The van der Waals surface area contributed by atoms with E-state index in [-0.39, 0.29) is 5.91 Å². The summed E-state index contributed by atoms with van der Waals surface area (Å²) >= 11 is 0. The smallest absolute Gasteiger partial charge is 0.270 e. The minimum atomic E-state index is -0.241. The standard InChI is InChI=1S/C18H21N7O2/c1-13-20-10-12-25(13)11-2-8-21-17(26)16-7-9-22-18(24-16)23-14-3-5-15(27-19)6-4-14/h3-7,9-10,12H,2,8,11,19H2,1H3,(H,21,26)(H,22,23,24). The number of benzene rings is 1. The first kappa shape index (κ1) is 18.3. The zero-order valence-electron chi connectivity index (χ0n) is 14.9. The van der Waals surface area contributed by atoms with Gasteiger partial charge in [0, 0.05) is 37.4 Å². The fourth-order valence-electron chi connectivity index (χ4n) is 2.47. The van der Waals surface area contributed by atoms with Crippen molar-refractivity contribution in [2.75, 3.05) is 11.9 Å². The van der Waals surface area contributed by atoms with Crippen LogP contribution in [-0.2, 0) is 6.54 Å². The van der Waals surface area contributed by atoms with Gasteiger partial charge >= 0.3 is 0 Å². The lowest BCUT2D eigenvalue weighted by Crippen LogP contribution is -2.26. The number of nitrogens with zero attached hydrogens (tertiary/aromatic N) is 4. The molecule has 27 heavy (non-hydrogen) atoms. The van der Waals surface area contributed by atoms with Crippen molar-refractivity contribution in [1.82, 2.24) is 24.8 Å². The van der Waals surface area contributed by atoms with Crippen LogP contribution in [-0.4, -0.2) is 32.0 Å². The van der Waals surface area contributed by atoms with Gasteiger partial charge in [0.15, 0.2) is 0 Å². The lowest BCUT2D eigenvalue weighted by molar-refractivity contribution is 0.0947. The van der Waals surface area contributed by atoms with Gasteiger partial charge in [-0.15, -0.1) is 0 Å². The van der Waals surface area contributed by atoms with E-state index in [1.54, 1.807) is 36.5 Å². The van der Waals surface area contributed by atoms with Crippen LogP contribution in [0.25, 0.3) is 0 Å². The summed E-state index contributed by atoms with van der Waals surface area (Å²) in [7, 11) is 0. The minimum Gasteiger partial charge on any atom is -0.412 e. The third-order valence-electron chi connectivity index (χ3n) is 3.92. The topological polar surface area (TPSA) is 120 Å². The molecule has 0 fully saturated rings. The van der Waals surface area contributed by atoms with Crippen molar-refractivity contribution in [2.24, 2.45) is 5.90 Å². The molecular weight excluding hydrogens is 346 g/mol. The van der Waals surface area contributed by atoms with Gasteiger partial charge in [0.2, 0.25) is 5.95 Å². The zero-order chi connectivity index (χ0) is 19.1. The van der Waals surface area contributed by atoms with Gasteiger partial charge < -0.3 is 20.0 Å². The van der Waals surface area contributed by atoms with Crippen LogP contribution in [0.5, 0.6) is 5.75 Å². The predicted octanol–water partition coefficient (Wildman–Crippen LogP) is 1.80. The molecule has 140 valence electrons. The van der Waals surface area contributed by atoms with Crippen molar-refractivity contribution >= 4 is 17.5 Å². The second kappa shape index (κ2) is 8.77. The highest BCUT2D eigenvalue weighted by molar-refractivity contribution is 5.92. The van der Waals surface area contributed by atoms with E-state index in [0.29, 0.717) is 23.9 Å². The quantitative estimate of drug-likeness (QED) is 0.410. The van der Waals surface area contributed by atoms with Crippen LogP contribution in [0.3, 0.4) is 0 Å². The second-order valence-corrected chi connectivity index (χ2v) is 5.81. The van der Waals surface area contributed by atoms with E-state index in [0.717, 1.165) is 24.5 Å². The maximum Gasteiger partial charge on any atom is 0.270 e. The van der Waals surface area contributed by atoms with E-state index in [2.05, 4.69) is 30.4 Å². The molecule has 0 saturated carbocycles. The first-order chi connectivity index (χ1) is 13.2. The zero-order valence-corrected chi connectivity index (χ0v) is 14.9. The van der Waals surface area contributed by atoms with Crippen LogP contribution >= 0.6 is 0 Å². The third-order valence-corrected chi connectivity index (χ3v) is 3.92. The van der Waals surface area contributed by atoms with Gasteiger partial charge in [-0.3, -0.25) is 4.79 Å². The van der Waals surface area contributed by atoms with Crippen LogP contribution < -0.4 is 21.4 Å². The Morgan fingerprint density at radius 2 is 2.00 bits per heavy atom. The molecule has 9 nitrogen and oxygen atoms in total. The van der Waals surface area contributed by atoms with Gasteiger partial charge in [0.1, 0.15) is 17.3 Å². The highest BCUT2D eigenvalue weighted by Crippen LogP contribution is 2.17. The van der Waals surface area contributed by atoms with Gasteiger partial charge in [0.05, 0.1) is 0 Å². The fraction of sp³-hybridized carbons (Fsp3) is 0.222. The number of amides is 1. The minimum absolute atomic E-state index is 0.241. The number of rotatable bonds is 8. The molecule has 0 unspecified atom stereocenters. The Morgan fingerprint density at radius 3 is 2.70 bits per heavy atom. The molecule has 1 amide bonds. The van der Waals surface area contributed by atoms with Crippen LogP contribution in [0.2, 0.25) is 0 Å². The van der Waals surface area contributed by atoms with Crippen LogP contribution in [0.4, 0.5) is 11.6 Å². The highest BCUT2D eigenvalue weighted by atomic mass is 16.6. The van der Waals surface area contributed by atoms with Gasteiger partial charge in [-0.1, -0.05) is 0 Å². The molecule has 0 aliphatic rings.